The van der Waals surface area contributed by atoms with Crippen LogP contribution in [0.5, 0.6) is 5.75 Å². The van der Waals surface area contributed by atoms with Gasteiger partial charge in [-0.15, -0.1) is 10.2 Å². The summed E-state index contributed by atoms with van der Waals surface area (Å²) in [4.78, 5) is 12.2. The summed E-state index contributed by atoms with van der Waals surface area (Å²) >= 11 is 1.07. The van der Waals surface area contributed by atoms with Crippen LogP contribution in [0, 0.1) is 0 Å². The van der Waals surface area contributed by atoms with Crippen LogP contribution in [0.2, 0.25) is 0 Å². The predicted molar refractivity (Wildman–Crippen MR) is 107 cm³/mol. The molecule has 0 saturated heterocycles. The zero-order valence-corrected chi connectivity index (χ0v) is 17.0. The van der Waals surface area contributed by atoms with Gasteiger partial charge < -0.3 is 14.6 Å². The zero-order chi connectivity index (χ0) is 21.7. The van der Waals surface area contributed by atoms with E-state index in [2.05, 4.69) is 15.5 Å². The van der Waals surface area contributed by atoms with Crippen molar-refractivity contribution in [2.75, 3.05) is 11.1 Å². The zero-order valence-electron chi connectivity index (χ0n) is 16.2. The molecule has 1 N–H and O–H groups in total. The van der Waals surface area contributed by atoms with Gasteiger partial charge in [-0.05, 0) is 31.2 Å². The molecule has 6 nitrogen and oxygen atoms in total. The summed E-state index contributed by atoms with van der Waals surface area (Å²) in [6.45, 7) is 1.83. The minimum atomic E-state index is -4.55. The summed E-state index contributed by atoms with van der Waals surface area (Å²) in [5.41, 5.74) is -1.17. The van der Waals surface area contributed by atoms with E-state index in [1.807, 2.05) is 37.3 Å². The molecule has 0 radical (unpaired) electrons. The molecule has 1 atom stereocenters. The highest BCUT2D eigenvalue weighted by Gasteiger charge is 2.33. The first-order chi connectivity index (χ1) is 14.3. The fourth-order valence-corrected chi connectivity index (χ4v) is 3.44. The number of carbonyl (C=O) groups is 1. The molecule has 2 aromatic carbocycles. The lowest BCUT2D eigenvalue weighted by atomic mass is 10.1. The maximum absolute atomic E-state index is 13.0. The number of alkyl halides is 3. The lowest BCUT2D eigenvalue weighted by molar-refractivity contribution is -0.137. The minimum Gasteiger partial charge on any atom is -0.483 e. The van der Waals surface area contributed by atoms with Gasteiger partial charge in [0.25, 0.3) is 0 Å². The van der Waals surface area contributed by atoms with Gasteiger partial charge in [-0.1, -0.05) is 42.1 Å². The monoisotopic (exact) mass is 436 g/mol. The number of amides is 1. The lowest BCUT2D eigenvalue weighted by Crippen LogP contribution is -2.18. The lowest BCUT2D eigenvalue weighted by Gasteiger charge is -2.14. The summed E-state index contributed by atoms with van der Waals surface area (Å²) in [7, 11) is 1.74. The van der Waals surface area contributed by atoms with Crippen LogP contribution in [0.1, 0.15) is 24.4 Å². The topological polar surface area (TPSA) is 69.0 Å². The van der Waals surface area contributed by atoms with Crippen molar-refractivity contribution in [1.82, 2.24) is 14.8 Å². The van der Waals surface area contributed by atoms with E-state index in [0.717, 1.165) is 17.8 Å². The molecule has 3 aromatic rings. The molecule has 158 valence electrons. The second kappa shape index (κ2) is 9.21. The van der Waals surface area contributed by atoms with Crippen molar-refractivity contribution >= 4 is 23.4 Å². The first-order valence-corrected chi connectivity index (χ1v) is 9.94. The quantitative estimate of drug-likeness (QED) is 0.544. The maximum atomic E-state index is 13.0. The third kappa shape index (κ3) is 5.32. The fourth-order valence-electron chi connectivity index (χ4n) is 2.72. The number of benzene rings is 2. The largest absolute Gasteiger partial charge is 0.483 e. The number of ether oxygens (including phenoxy) is 1. The Kier molecular flexibility index (Phi) is 6.66. The van der Waals surface area contributed by atoms with E-state index in [0.29, 0.717) is 16.7 Å². The van der Waals surface area contributed by atoms with Crippen molar-refractivity contribution < 1.29 is 22.7 Å². The molecule has 1 heterocycles. The molecule has 0 spiro atoms. The molecular formula is C20H19F3N4O2S. The molecule has 0 fully saturated rings. The second-order valence-corrected chi connectivity index (χ2v) is 7.30. The van der Waals surface area contributed by atoms with Crippen molar-refractivity contribution in [3.63, 3.8) is 0 Å². The Bertz CT molecular complexity index is 1010. The second-order valence-electron chi connectivity index (χ2n) is 6.35. The number of thioether (sulfide) groups is 1. The SMILES string of the molecule is CC(Oc1ccccc1)c1nnc(SCC(=O)Nc2ccccc2C(F)(F)F)n1C. The first-order valence-electron chi connectivity index (χ1n) is 8.95. The van der Waals surface area contributed by atoms with Crippen molar-refractivity contribution in [2.24, 2.45) is 7.05 Å². The number of rotatable bonds is 7. The Hall–Kier alpha value is -3.01. The van der Waals surface area contributed by atoms with Gasteiger partial charge in [0.1, 0.15) is 5.75 Å². The molecule has 0 saturated carbocycles. The number of halogens is 3. The number of para-hydroxylation sites is 2. The number of hydrogen-bond donors (Lipinski definition) is 1. The average Bonchev–Trinajstić information content (AvgIpc) is 3.07. The summed E-state index contributed by atoms with van der Waals surface area (Å²) in [6.07, 6.45) is -4.93. The predicted octanol–water partition coefficient (Wildman–Crippen LogP) is 4.70. The van der Waals surface area contributed by atoms with Gasteiger partial charge in [0.15, 0.2) is 17.1 Å². The first kappa shape index (κ1) is 21.7. The van der Waals surface area contributed by atoms with Crippen LogP contribution in [-0.4, -0.2) is 26.4 Å². The molecule has 1 amide bonds. The standard InChI is InChI=1S/C20H19F3N4O2S/c1-13(29-14-8-4-3-5-9-14)18-25-26-19(27(18)2)30-12-17(28)24-16-11-7-6-10-15(16)20(21,22)23/h3-11,13H,12H2,1-2H3,(H,24,28). The highest BCUT2D eigenvalue weighted by molar-refractivity contribution is 7.99. The molecule has 0 aliphatic rings. The van der Waals surface area contributed by atoms with Crippen LogP contribution in [0.4, 0.5) is 18.9 Å². The van der Waals surface area contributed by atoms with E-state index in [1.54, 1.807) is 11.6 Å². The summed E-state index contributed by atoms with van der Waals surface area (Å²) < 4.78 is 46.7. The van der Waals surface area contributed by atoms with Gasteiger partial charge in [0.2, 0.25) is 5.91 Å². The Morgan fingerprint density at radius 1 is 1.13 bits per heavy atom. The van der Waals surface area contributed by atoms with Gasteiger partial charge in [0, 0.05) is 7.05 Å². The number of aromatic nitrogens is 3. The Balaban J connectivity index is 1.61. The third-order valence-electron chi connectivity index (χ3n) is 4.13. The Morgan fingerprint density at radius 3 is 2.50 bits per heavy atom. The summed E-state index contributed by atoms with van der Waals surface area (Å²) in [5.74, 6) is 0.551. The Morgan fingerprint density at radius 2 is 1.80 bits per heavy atom. The molecule has 30 heavy (non-hydrogen) atoms. The Labute approximate surface area is 175 Å². The molecule has 0 aliphatic carbocycles. The molecule has 0 aliphatic heterocycles. The van der Waals surface area contributed by atoms with E-state index in [4.69, 9.17) is 4.74 Å². The van der Waals surface area contributed by atoms with Gasteiger partial charge in [-0.2, -0.15) is 13.2 Å². The average molecular weight is 436 g/mol. The van der Waals surface area contributed by atoms with E-state index < -0.39 is 17.6 Å². The van der Waals surface area contributed by atoms with E-state index in [-0.39, 0.29) is 17.5 Å². The highest BCUT2D eigenvalue weighted by Crippen LogP contribution is 2.34. The van der Waals surface area contributed by atoms with E-state index in [1.165, 1.54) is 18.2 Å². The number of carbonyl (C=O) groups excluding carboxylic acids is 1. The minimum absolute atomic E-state index is 0.119. The maximum Gasteiger partial charge on any atom is 0.418 e. The number of anilines is 1. The van der Waals surface area contributed by atoms with Crippen LogP contribution >= 0.6 is 11.8 Å². The normalized spacial score (nSPS) is 12.4. The van der Waals surface area contributed by atoms with E-state index >= 15 is 0 Å². The summed E-state index contributed by atoms with van der Waals surface area (Å²) in [5, 5.41) is 10.9. The van der Waals surface area contributed by atoms with Gasteiger partial charge in [-0.3, -0.25) is 4.79 Å². The van der Waals surface area contributed by atoms with Crippen LogP contribution in [0.3, 0.4) is 0 Å². The molecule has 3 rings (SSSR count). The van der Waals surface area contributed by atoms with Crippen molar-refractivity contribution in [3.8, 4) is 5.75 Å². The molecular weight excluding hydrogens is 417 g/mol. The van der Waals surface area contributed by atoms with Crippen LogP contribution in [0.15, 0.2) is 59.8 Å². The van der Waals surface area contributed by atoms with Gasteiger partial charge in [0.05, 0.1) is 17.0 Å². The number of hydrogen-bond acceptors (Lipinski definition) is 5. The smallest absolute Gasteiger partial charge is 0.418 e. The fraction of sp³-hybridized carbons (Fsp3) is 0.250. The van der Waals surface area contributed by atoms with Crippen LogP contribution in [-0.2, 0) is 18.0 Å². The van der Waals surface area contributed by atoms with Crippen LogP contribution < -0.4 is 10.1 Å². The van der Waals surface area contributed by atoms with Gasteiger partial charge in [-0.25, -0.2) is 0 Å². The van der Waals surface area contributed by atoms with Gasteiger partial charge >= 0.3 is 6.18 Å². The van der Waals surface area contributed by atoms with Crippen molar-refractivity contribution in [3.05, 3.63) is 66.0 Å². The third-order valence-corrected chi connectivity index (χ3v) is 5.15. The number of nitrogens with one attached hydrogen (secondary N) is 1. The van der Waals surface area contributed by atoms with Crippen LogP contribution in [0.25, 0.3) is 0 Å². The highest BCUT2D eigenvalue weighted by atomic mass is 32.2. The van der Waals surface area contributed by atoms with Crippen molar-refractivity contribution in [1.29, 1.82) is 0 Å². The molecule has 10 heteroatoms. The molecule has 1 unspecified atom stereocenters. The molecule has 1 aromatic heterocycles. The number of nitrogens with zero attached hydrogens (tertiary/aromatic N) is 3. The summed E-state index contributed by atoms with van der Waals surface area (Å²) in [6, 6.07) is 14.1. The van der Waals surface area contributed by atoms with Crippen molar-refractivity contribution in [2.45, 2.75) is 24.4 Å². The molecule has 0 bridgehead atoms. The van der Waals surface area contributed by atoms with E-state index in [9.17, 15) is 18.0 Å².